The Hall–Kier alpha value is -1.04. The number of allylic oxidation sites excluding steroid dienone is 7. The van der Waals surface area contributed by atoms with Gasteiger partial charge in [-0.1, -0.05) is 30.9 Å². The molecule has 0 aromatic heterocycles. The first-order valence-corrected chi connectivity index (χ1v) is 4.26. The van der Waals surface area contributed by atoms with Crippen molar-refractivity contribution in [3.05, 3.63) is 47.6 Å². The molecule has 0 aromatic rings. The standard InChI is InChI=1S/C12H18/c1-6-9-12(10(4)7-2)11(5)8-3/h6-9H,1H2,2-5H3/b10-7-,11-8+,12-9?. The van der Waals surface area contributed by atoms with Crippen LogP contribution in [0.25, 0.3) is 0 Å². The van der Waals surface area contributed by atoms with Crippen LogP contribution < -0.4 is 0 Å². The highest BCUT2D eigenvalue weighted by atomic mass is 14.0. The van der Waals surface area contributed by atoms with Crippen LogP contribution >= 0.6 is 0 Å². The molecule has 0 bridgehead atoms. The highest BCUT2D eigenvalue weighted by molar-refractivity contribution is 5.45. The van der Waals surface area contributed by atoms with E-state index >= 15 is 0 Å². The average molecular weight is 162 g/mol. The lowest BCUT2D eigenvalue weighted by Gasteiger charge is -2.06. The van der Waals surface area contributed by atoms with Gasteiger partial charge in [0.2, 0.25) is 0 Å². The molecule has 0 spiro atoms. The van der Waals surface area contributed by atoms with Crippen molar-refractivity contribution in [2.45, 2.75) is 27.7 Å². The Balaban J connectivity index is 4.94. The van der Waals surface area contributed by atoms with Gasteiger partial charge in [0.05, 0.1) is 0 Å². The molecule has 0 saturated carbocycles. The van der Waals surface area contributed by atoms with E-state index in [1.807, 2.05) is 12.2 Å². The van der Waals surface area contributed by atoms with Gasteiger partial charge >= 0.3 is 0 Å². The maximum atomic E-state index is 3.70. The summed E-state index contributed by atoms with van der Waals surface area (Å²) in [5.74, 6) is 0. The molecule has 0 fully saturated rings. The number of hydrogen-bond donors (Lipinski definition) is 0. The van der Waals surface area contributed by atoms with Gasteiger partial charge in [-0.25, -0.2) is 0 Å². The Morgan fingerprint density at radius 3 is 1.67 bits per heavy atom. The second-order valence-corrected chi connectivity index (χ2v) is 2.76. The first kappa shape index (κ1) is 11.0. The summed E-state index contributed by atoms with van der Waals surface area (Å²) in [5.41, 5.74) is 3.87. The van der Waals surface area contributed by atoms with Gasteiger partial charge in [-0.15, -0.1) is 0 Å². The van der Waals surface area contributed by atoms with Crippen molar-refractivity contribution >= 4 is 0 Å². The first-order valence-electron chi connectivity index (χ1n) is 4.26. The minimum Gasteiger partial charge on any atom is -0.0990 e. The summed E-state index contributed by atoms with van der Waals surface area (Å²) < 4.78 is 0. The topological polar surface area (TPSA) is 0 Å². The smallest absolute Gasteiger partial charge is 0.0205 e. The van der Waals surface area contributed by atoms with E-state index in [1.165, 1.54) is 16.7 Å². The van der Waals surface area contributed by atoms with Gasteiger partial charge in [0.15, 0.2) is 0 Å². The molecule has 0 aromatic carbocycles. The van der Waals surface area contributed by atoms with E-state index in [9.17, 15) is 0 Å². The van der Waals surface area contributed by atoms with Crippen LogP contribution in [0, 0.1) is 0 Å². The third kappa shape index (κ3) is 2.91. The van der Waals surface area contributed by atoms with Crippen LogP contribution in [0.3, 0.4) is 0 Å². The summed E-state index contributed by atoms with van der Waals surface area (Å²) in [7, 11) is 0. The monoisotopic (exact) mass is 162 g/mol. The molecule has 0 radical (unpaired) electrons. The molecule has 66 valence electrons. The molecule has 0 unspecified atom stereocenters. The zero-order valence-electron chi connectivity index (χ0n) is 8.52. The Labute approximate surface area is 76.0 Å². The molecule has 0 aliphatic carbocycles. The molecule has 0 atom stereocenters. The van der Waals surface area contributed by atoms with Gasteiger partial charge in [0.1, 0.15) is 0 Å². The van der Waals surface area contributed by atoms with E-state index in [2.05, 4.69) is 46.4 Å². The quantitative estimate of drug-likeness (QED) is 0.549. The van der Waals surface area contributed by atoms with Crippen molar-refractivity contribution in [2.75, 3.05) is 0 Å². The summed E-state index contributed by atoms with van der Waals surface area (Å²) in [6.07, 6.45) is 8.10. The maximum absolute atomic E-state index is 3.70. The van der Waals surface area contributed by atoms with E-state index in [1.54, 1.807) is 0 Å². The van der Waals surface area contributed by atoms with Crippen molar-refractivity contribution < 1.29 is 0 Å². The minimum atomic E-state index is 1.27. The molecule has 0 saturated heterocycles. The first-order chi connectivity index (χ1) is 5.67. The molecule has 12 heavy (non-hydrogen) atoms. The van der Waals surface area contributed by atoms with Crippen molar-refractivity contribution in [2.24, 2.45) is 0 Å². The molecule has 0 amide bonds. The molecule has 0 N–H and O–H groups in total. The molecule has 0 rings (SSSR count). The van der Waals surface area contributed by atoms with Crippen LogP contribution in [0.15, 0.2) is 47.6 Å². The fraction of sp³-hybridized carbons (Fsp3) is 0.333. The summed E-state index contributed by atoms with van der Waals surface area (Å²) >= 11 is 0. The predicted molar refractivity (Wildman–Crippen MR) is 57.1 cm³/mol. The van der Waals surface area contributed by atoms with Crippen LogP contribution in [0.2, 0.25) is 0 Å². The zero-order chi connectivity index (χ0) is 9.56. The van der Waals surface area contributed by atoms with Crippen LogP contribution in [0.4, 0.5) is 0 Å². The second-order valence-electron chi connectivity index (χ2n) is 2.76. The van der Waals surface area contributed by atoms with Crippen molar-refractivity contribution in [1.29, 1.82) is 0 Å². The fourth-order valence-electron chi connectivity index (χ4n) is 1.00. The van der Waals surface area contributed by atoms with Gasteiger partial charge in [0, 0.05) is 0 Å². The lowest BCUT2D eigenvalue weighted by atomic mass is 9.99. The zero-order valence-corrected chi connectivity index (χ0v) is 8.52. The lowest BCUT2D eigenvalue weighted by Crippen LogP contribution is -1.86. The molecule has 0 aliphatic rings. The van der Waals surface area contributed by atoms with Crippen molar-refractivity contribution in [3.63, 3.8) is 0 Å². The molecule has 0 heterocycles. The highest BCUT2D eigenvalue weighted by Crippen LogP contribution is 2.18. The Bertz CT molecular complexity index is 217. The average Bonchev–Trinajstić information content (AvgIpc) is 2.11. The summed E-state index contributed by atoms with van der Waals surface area (Å²) in [5, 5.41) is 0. The highest BCUT2D eigenvalue weighted by Gasteiger charge is 1.98. The second kappa shape index (κ2) is 5.59. The SMILES string of the molecule is C=CC=C(/C(C)=C\C)/C(C)=C/C. The van der Waals surface area contributed by atoms with Gasteiger partial charge in [-0.05, 0) is 44.4 Å². The maximum Gasteiger partial charge on any atom is -0.0205 e. The van der Waals surface area contributed by atoms with Gasteiger partial charge < -0.3 is 0 Å². The molecule has 0 aliphatic heterocycles. The van der Waals surface area contributed by atoms with Gasteiger partial charge in [-0.3, -0.25) is 0 Å². The largest absolute Gasteiger partial charge is 0.0990 e. The molecule has 0 heteroatoms. The van der Waals surface area contributed by atoms with Crippen LogP contribution in [0.5, 0.6) is 0 Å². The number of rotatable bonds is 3. The summed E-state index contributed by atoms with van der Waals surface area (Å²) in [4.78, 5) is 0. The molecule has 0 nitrogen and oxygen atoms in total. The Morgan fingerprint density at radius 2 is 1.42 bits per heavy atom. The fourth-order valence-corrected chi connectivity index (χ4v) is 1.00. The van der Waals surface area contributed by atoms with Crippen molar-refractivity contribution in [3.8, 4) is 0 Å². The normalized spacial score (nSPS) is 14.8. The molecular formula is C12H18. The van der Waals surface area contributed by atoms with Crippen LogP contribution in [-0.4, -0.2) is 0 Å². The van der Waals surface area contributed by atoms with E-state index in [0.717, 1.165) is 0 Å². The van der Waals surface area contributed by atoms with Gasteiger partial charge in [0.25, 0.3) is 0 Å². The van der Waals surface area contributed by atoms with E-state index in [4.69, 9.17) is 0 Å². The van der Waals surface area contributed by atoms with E-state index in [0.29, 0.717) is 0 Å². The Kier molecular flexibility index (Phi) is 5.11. The third-order valence-corrected chi connectivity index (χ3v) is 2.00. The van der Waals surface area contributed by atoms with Gasteiger partial charge in [-0.2, -0.15) is 0 Å². The van der Waals surface area contributed by atoms with Crippen LogP contribution in [-0.2, 0) is 0 Å². The summed E-state index contributed by atoms with van der Waals surface area (Å²) in [6, 6.07) is 0. The van der Waals surface area contributed by atoms with E-state index < -0.39 is 0 Å². The predicted octanol–water partition coefficient (Wildman–Crippen LogP) is 4.03. The summed E-state index contributed by atoms with van der Waals surface area (Å²) in [6.45, 7) is 12.0. The Morgan fingerprint density at radius 1 is 1.00 bits per heavy atom. The molecular weight excluding hydrogens is 144 g/mol. The third-order valence-electron chi connectivity index (χ3n) is 2.00. The lowest BCUT2D eigenvalue weighted by molar-refractivity contribution is 1.29. The number of hydrogen-bond acceptors (Lipinski definition) is 0. The minimum absolute atomic E-state index is 1.27. The van der Waals surface area contributed by atoms with E-state index in [-0.39, 0.29) is 0 Å². The van der Waals surface area contributed by atoms with Crippen molar-refractivity contribution in [1.82, 2.24) is 0 Å². The van der Waals surface area contributed by atoms with Crippen LogP contribution in [0.1, 0.15) is 27.7 Å².